The maximum Gasteiger partial charge on any atom is 0.0472 e. The second kappa shape index (κ2) is 4.19. The monoisotopic (exact) mass is 217 g/mol. The van der Waals surface area contributed by atoms with Gasteiger partial charge in [0.05, 0.1) is 0 Å². The van der Waals surface area contributed by atoms with Gasteiger partial charge in [-0.2, -0.15) is 0 Å². The highest BCUT2D eigenvalue weighted by molar-refractivity contribution is 5.25. The summed E-state index contributed by atoms with van der Waals surface area (Å²) in [6.45, 7) is 4.16. The Morgan fingerprint density at radius 1 is 1.12 bits per heavy atom. The van der Waals surface area contributed by atoms with E-state index in [0.29, 0.717) is 11.3 Å². The van der Waals surface area contributed by atoms with Crippen molar-refractivity contribution in [2.24, 2.45) is 5.41 Å². The Bertz CT molecular complexity index is 343. The summed E-state index contributed by atoms with van der Waals surface area (Å²) in [4.78, 5) is 0. The molecule has 1 N–H and O–H groups in total. The zero-order chi connectivity index (χ0) is 10.8. The lowest BCUT2D eigenvalue weighted by molar-refractivity contribution is 0.0165. The molecule has 2 aliphatic heterocycles. The van der Waals surface area contributed by atoms with E-state index in [1.165, 1.54) is 18.4 Å². The summed E-state index contributed by atoms with van der Waals surface area (Å²) in [5.74, 6) is 0.678. The molecule has 1 aromatic carbocycles. The van der Waals surface area contributed by atoms with Crippen molar-refractivity contribution in [3.8, 4) is 0 Å². The molecular weight excluding hydrogens is 198 g/mol. The molecule has 2 nitrogen and oxygen atoms in total. The first-order valence-electron chi connectivity index (χ1n) is 6.24. The van der Waals surface area contributed by atoms with Crippen LogP contribution in [0.25, 0.3) is 0 Å². The zero-order valence-electron chi connectivity index (χ0n) is 9.61. The van der Waals surface area contributed by atoms with Gasteiger partial charge in [0.25, 0.3) is 0 Å². The number of rotatable bonds is 1. The van der Waals surface area contributed by atoms with Crippen LogP contribution < -0.4 is 5.32 Å². The predicted octanol–water partition coefficient (Wildman–Crippen LogP) is 2.17. The summed E-state index contributed by atoms with van der Waals surface area (Å²) >= 11 is 0. The molecule has 16 heavy (non-hydrogen) atoms. The fourth-order valence-electron chi connectivity index (χ4n) is 3.27. The van der Waals surface area contributed by atoms with Crippen LogP contribution in [0.3, 0.4) is 0 Å². The molecule has 2 heterocycles. The average Bonchev–Trinajstić information content (AvgIpc) is 2.75. The van der Waals surface area contributed by atoms with E-state index in [1.54, 1.807) is 0 Å². The molecule has 1 spiro atoms. The third-order valence-corrected chi connectivity index (χ3v) is 4.26. The Hall–Kier alpha value is -0.860. The first kappa shape index (κ1) is 10.3. The minimum absolute atomic E-state index is 0.458. The van der Waals surface area contributed by atoms with Gasteiger partial charge in [-0.25, -0.2) is 0 Å². The van der Waals surface area contributed by atoms with Crippen LogP contribution in [0, 0.1) is 5.41 Å². The van der Waals surface area contributed by atoms with Crippen molar-refractivity contribution in [2.45, 2.75) is 18.8 Å². The third kappa shape index (κ3) is 1.66. The average molecular weight is 217 g/mol. The lowest BCUT2D eigenvalue weighted by Gasteiger charge is -2.38. The minimum Gasteiger partial charge on any atom is -0.381 e. The number of hydrogen-bond acceptors (Lipinski definition) is 2. The molecule has 1 aromatic rings. The molecule has 0 aromatic heterocycles. The summed E-state index contributed by atoms with van der Waals surface area (Å²) < 4.78 is 5.51. The Morgan fingerprint density at radius 2 is 1.88 bits per heavy atom. The van der Waals surface area contributed by atoms with Gasteiger partial charge in [-0.3, -0.25) is 0 Å². The smallest absolute Gasteiger partial charge is 0.0472 e. The molecule has 0 saturated carbocycles. The zero-order valence-corrected chi connectivity index (χ0v) is 9.61. The van der Waals surface area contributed by atoms with Crippen LogP contribution in [0.4, 0.5) is 0 Å². The fraction of sp³-hybridized carbons (Fsp3) is 0.571. The molecule has 0 radical (unpaired) electrons. The van der Waals surface area contributed by atoms with Crippen LogP contribution in [0.1, 0.15) is 24.3 Å². The van der Waals surface area contributed by atoms with Crippen molar-refractivity contribution in [3.63, 3.8) is 0 Å². The molecule has 0 aliphatic carbocycles. The van der Waals surface area contributed by atoms with E-state index in [0.717, 1.165) is 26.3 Å². The number of ether oxygens (including phenoxy) is 1. The van der Waals surface area contributed by atoms with Crippen molar-refractivity contribution >= 4 is 0 Å². The highest BCUT2D eigenvalue weighted by Gasteiger charge is 2.44. The van der Waals surface area contributed by atoms with Gasteiger partial charge in [-0.05, 0) is 23.8 Å². The topological polar surface area (TPSA) is 21.3 Å². The summed E-state index contributed by atoms with van der Waals surface area (Å²) in [5, 5.41) is 3.58. The summed E-state index contributed by atoms with van der Waals surface area (Å²) in [5.41, 5.74) is 1.95. The van der Waals surface area contributed by atoms with Gasteiger partial charge in [0.15, 0.2) is 0 Å². The van der Waals surface area contributed by atoms with Crippen molar-refractivity contribution < 1.29 is 4.74 Å². The lowest BCUT2D eigenvalue weighted by atomic mass is 9.69. The molecule has 86 valence electrons. The first-order valence-corrected chi connectivity index (χ1v) is 6.24. The van der Waals surface area contributed by atoms with Crippen LogP contribution in [0.15, 0.2) is 30.3 Å². The lowest BCUT2D eigenvalue weighted by Crippen LogP contribution is -2.35. The van der Waals surface area contributed by atoms with Gasteiger partial charge in [0.2, 0.25) is 0 Å². The first-order chi connectivity index (χ1) is 7.91. The van der Waals surface area contributed by atoms with Gasteiger partial charge < -0.3 is 10.1 Å². The second-order valence-corrected chi connectivity index (χ2v) is 5.07. The normalized spacial score (nSPS) is 28.4. The van der Waals surface area contributed by atoms with E-state index >= 15 is 0 Å². The molecule has 3 rings (SSSR count). The molecule has 2 aliphatic rings. The molecular formula is C14H19NO. The number of nitrogens with one attached hydrogen (secondary N) is 1. The van der Waals surface area contributed by atoms with Gasteiger partial charge in [0.1, 0.15) is 0 Å². The van der Waals surface area contributed by atoms with Crippen LogP contribution in [-0.2, 0) is 4.74 Å². The van der Waals surface area contributed by atoms with Crippen molar-refractivity contribution in [2.75, 3.05) is 26.3 Å². The highest BCUT2D eigenvalue weighted by Crippen LogP contribution is 2.46. The molecule has 1 unspecified atom stereocenters. The van der Waals surface area contributed by atoms with Gasteiger partial charge in [0, 0.05) is 32.2 Å². The van der Waals surface area contributed by atoms with Crippen LogP contribution in [0.5, 0.6) is 0 Å². The van der Waals surface area contributed by atoms with Gasteiger partial charge in [-0.1, -0.05) is 30.3 Å². The van der Waals surface area contributed by atoms with Crippen molar-refractivity contribution in [1.29, 1.82) is 0 Å². The summed E-state index contributed by atoms with van der Waals surface area (Å²) in [6, 6.07) is 11.0. The Balaban J connectivity index is 1.89. The van der Waals surface area contributed by atoms with Gasteiger partial charge >= 0.3 is 0 Å². The van der Waals surface area contributed by atoms with E-state index in [2.05, 4.69) is 35.6 Å². The Kier molecular flexibility index (Phi) is 2.70. The molecule has 1 atom stereocenters. The largest absolute Gasteiger partial charge is 0.381 e. The SMILES string of the molecule is c1ccc(C2CNCC23CCOCC3)cc1. The highest BCUT2D eigenvalue weighted by atomic mass is 16.5. The summed E-state index contributed by atoms with van der Waals surface area (Å²) in [7, 11) is 0. The third-order valence-electron chi connectivity index (χ3n) is 4.26. The standard InChI is InChI=1S/C14H19NO/c1-2-4-12(5-3-1)13-10-15-11-14(13)6-8-16-9-7-14/h1-5,13,15H,6-11H2. The molecule has 2 heteroatoms. The van der Waals surface area contributed by atoms with Gasteiger partial charge in [-0.15, -0.1) is 0 Å². The molecule has 0 bridgehead atoms. The van der Waals surface area contributed by atoms with Crippen LogP contribution in [-0.4, -0.2) is 26.3 Å². The van der Waals surface area contributed by atoms with E-state index in [4.69, 9.17) is 4.74 Å². The van der Waals surface area contributed by atoms with E-state index in [1.807, 2.05) is 0 Å². The fourth-order valence-corrected chi connectivity index (χ4v) is 3.27. The maximum atomic E-state index is 5.51. The molecule has 2 saturated heterocycles. The number of benzene rings is 1. The maximum absolute atomic E-state index is 5.51. The van der Waals surface area contributed by atoms with Crippen molar-refractivity contribution in [3.05, 3.63) is 35.9 Å². The van der Waals surface area contributed by atoms with E-state index < -0.39 is 0 Å². The van der Waals surface area contributed by atoms with E-state index in [9.17, 15) is 0 Å². The number of hydrogen-bond donors (Lipinski definition) is 1. The van der Waals surface area contributed by atoms with E-state index in [-0.39, 0.29) is 0 Å². The molecule has 0 amide bonds. The minimum atomic E-state index is 0.458. The quantitative estimate of drug-likeness (QED) is 0.778. The Morgan fingerprint density at radius 3 is 2.62 bits per heavy atom. The summed E-state index contributed by atoms with van der Waals surface area (Å²) in [6.07, 6.45) is 2.42. The van der Waals surface area contributed by atoms with Crippen LogP contribution >= 0.6 is 0 Å². The van der Waals surface area contributed by atoms with Crippen molar-refractivity contribution in [1.82, 2.24) is 5.32 Å². The predicted molar refractivity (Wildman–Crippen MR) is 64.5 cm³/mol. The van der Waals surface area contributed by atoms with Crippen LogP contribution in [0.2, 0.25) is 0 Å². The Labute approximate surface area is 97.0 Å². The second-order valence-electron chi connectivity index (χ2n) is 5.07. The molecule has 2 fully saturated rings.